The maximum absolute atomic E-state index is 13.1. The predicted octanol–water partition coefficient (Wildman–Crippen LogP) is 6.22. The van der Waals surface area contributed by atoms with E-state index < -0.39 is 17.7 Å². The second-order valence-corrected chi connectivity index (χ2v) is 11.1. The minimum absolute atomic E-state index is 0.205. The molecule has 42 heavy (non-hydrogen) atoms. The molecule has 0 saturated carbocycles. The average Bonchev–Trinajstić information content (AvgIpc) is 3.00. The Morgan fingerprint density at radius 2 is 1.31 bits per heavy atom. The Labute approximate surface area is 251 Å². The van der Waals surface area contributed by atoms with Crippen LogP contribution in [0.15, 0.2) is 91.0 Å². The van der Waals surface area contributed by atoms with Gasteiger partial charge in [0.1, 0.15) is 11.4 Å². The van der Waals surface area contributed by atoms with Crippen molar-refractivity contribution in [3.63, 3.8) is 0 Å². The largest absolute Gasteiger partial charge is 0.496 e. The monoisotopic (exact) mass is 566 g/mol. The first-order valence-electron chi connectivity index (χ1n) is 14.8. The molecule has 6 N–H and O–H groups in total. The molecule has 0 spiro atoms. The zero-order chi connectivity index (χ0) is 30.1. The first kappa shape index (κ1) is 31.1. The molecular weight excluding hydrogens is 520 g/mol. The van der Waals surface area contributed by atoms with Crippen molar-refractivity contribution in [3.8, 4) is 5.75 Å². The van der Waals surface area contributed by atoms with Crippen molar-refractivity contribution in [2.75, 3.05) is 30.8 Å². The number of methoxy groups -OCH3 is 1. The predicted molar refractivity (Wildman–Crippen MR) is 175 cm³/mol. The van der Waals surface area contributed by atoms with Gasteiger partial charge in [-0.05, 0) is 68.0 Å². The van der Waals surface area contributed by atoms with Crippen LogP contribution < -0.4 is 26.4 Å². The highest BCUT2D eigenvalue weighted by molar-refractivity contribution is 5.59. The zero-order valence-electron chi connectivity index (χ0n) is 25.6. The van der Waals surface area contributed by atoms with Crippen molar-refractivity contribution in [3.05, 3.63) is 124 Å². The van der Waals surface area contributed by atoms with Crippen molar-refractivity contribution < 1.29 is 9.84 Å². The average molecular weight is 567 g/mol. The zero-order valence-corrected chi connectivity index (χ0v) is 25.6. The first-order valence-corrected chi connectivity index (χ1v) is 14.8. The van der Waals surface area contributed by atoms with E-state index in [1.165, 1.54) is 11.1 Å². The topological polar surface area (TPSA) is 91.6 Å². The molecule has 0 aromatic heterocycles. The van der Waals surface area contributed by atoms with E-state index >= 15 is 0 Å². The van der Waals surface area contributed by atoms with Crippen molar-refractivity contribution >= 4 is 11.4 Å². The number of nitrogens with one attached hydrogen (secondary N) is 3. The number of aliphatic hydroxyl groups is 1. The summed E-state index contributed by atoms with van der Waals surface area (Å²) in [4.78, 5) is 0. The number of rotatable bonds is 14. The summed E-state index contributed by atoms with van der Waals surface area (Å²) in [6, 6.07) is 29.6. The van der Waals surface area contributed by atoms with Crippen LogP contribution in [0.3, 0.4) is 0 Å². The van der Waals surface area contributed by atoms with Gasteiger partial charge >= 0.3 is 0 Å². The standard InChI is InChI=1S/C36H46N4O2/c1-25-13-11-14-26(2)34(25)38-22-21-32(39-24-29-17-7-6-8-18-29)36(41,30-19-9-10-20-31(30)42-5)33(23-37)40-35-27(3)15-12-16-28(35)4/h6-20,32-33,38-41H,21-24,37H2,1-5H3. The van der Waals surface area contributed by atoms with Gasteiger partial charge in [0.05, 0.1) is 13.2 Å². The summed E-state index contributed by atoms with van der Waals surface area (Å²) in [5, 5.41) is 24.2. The Morgan fingerprint density at radius 1 is 0.738 bits per heavy atom. The highest BCUT2D eigenvalue weighted by Crippen LogP contribution is 2.39. The highest BCUT2D eigenvalue weighted by Gasteiger charge is 2.46. The molecule has 0 aliphatic heterocycles. The normalized spacial score (nSPS) is 14.1. The number of hydrogen-bond donors (Lipinski definition) is 5. The van der Waals surface area contributed by atoms with Crippen LogP contribution >= 0.6 is 0 Å². The molecule has 0 amide bonds. The molecule has 4 rings (SSSR count). The lowest BCUT2D eigenvalue weighted by molar-refractivity contribution is -0.0235. The minimum Gasteiger partial charge on any atom is -0.496 e. The van der Waals surface area contributed by atoms with Gasteiger partial charge in [-0.2, -0.15) is 0 Å². The van der Waals surface area contributed by atoms with Crippen LogP contribution in [0.2, 0.25) is 0 Å². The maximum Gasteiger partial charge on any atom is 0.130 e. The summed E-state index contributed by atoms with van der Waals surface area (Å²) in [7, 11) is 1.64. The number of aryl methyl sites for hydroxylation is 4. The van der Waals surface area contributed by atoms with Crippen molar-refractivity contribution in [2.24, 2.45) is 5.73 Å². The van der Waals surface area contributed by atoms with Gasteiger partial charge in [0.15, 0.2) is 0 Å². The lowest BCUT2D eigenvalue weighted by Crippen LogP contribution is -2.60. The van der Waals surface area contributed by atoms with Crippen LogP contribution in [0.25, 0.3) is 0 Å². The maximum atomic E-state index is 13.1. The lowest BCUT2D eigenvalue weighted by atomic mass is 9.77. The number of nitrogens with two attached hydrogens (primary N) is 1. The number of hydrogen-bond acceptors (Lipinski definition) is 6. The van der Waals surface area contributed by atoms with E-state index in [4.69, 9.17) is 10.5 Å². The molecule has 0 aliphatic carbocycles. The van der Waals surface area contributed by atoms with Crippen LogP contribution in [-0.2, 0) is 12.1 Å². The third kappa shape index (κ3) is 6.96. The van der Waals surface area contributed by atoms with E-state index in [9.17, 15) is 5.11 Å². The molecule has 4 aromatic carbocycles. The quantitative estimate of drug-likeness (QED) is 0.125. The van der Waals surface area contributed by atoms with E-state index in [1.807, 2.05) is 48.5 Å². The molecule has 0 radical (unpaired) electrons. The van der Waals surface area contributed by atoms with Crippen molar-refractivity contribution in [1.29, 1.82) is 0 Å². The molecular formula is C36H46N4O2. The van der Waals surface area contributed by atoms with Crippen LogP contribution in [0, 0.1) is 27.7 Å². The highest BCUT2D eigenvalue weighted by atomic mass is 16.5. The van der Waals surface area contributed by atoms with Crippen molar-refractivity contribution in [2.45, 2.75) is 58.3 Å². The van der Waals surface area contributed by atoms with Crippen LogP contribution in [0.5, 0.6) is 5.75 Å². The summed E-state index contributed by atoms with van der Waals surface area (Å²) >= 11 is 0. The summed E-state index contributed by atoms with van der Waals surface area (Å²) < 4.78 is 5.83. The second kappa shape index (κ2) is 14.4. The van der Waals surface area contributed by atoms with E-state index in [0.29, 0.717) is 30.8 Å². The fraction of sp³-hybridized carbons (Fsp3) is 0.333. The molecule has 0 saturated heterocycles. The third-order valence-electron chi connectivity index (χ3n) is 8.25. The third-order valence-corrected chi connectivity index (χ3v) is 8.25. The van der Waals surface area contributed by atoms with Gasteiger partial charge in [-0.1, -0.05) is 84.9 Å². The van der Waals surface area contributed by atoms with Gasteiger partial charge in [0.25, 0.3) is 0 Å². The summed E-state index contributed by atoms with van der Waals surface area (Å²) in [6.45, 7) is 9.82. The summed E-state index contributed by atoms with van der Waals surface area (Å²) in [5.41, 5.74) is 13.6. The van der Waals surface area contributed by atoms with Crippen LogP contribution in [-0.4, -0.2) is 37.4 Å². The fourth-order valence-corrected chi connectivity index (χ4v) is 5.91. The molecule has 222 valence electrons. The van der Waals surface area contributed by atoms with Crippen molar-refractivity contribution in [1.82, 2.24) is 5.32 Å². The first-order chi connectivity index (χ1) is 20.3. The van der Waals surface area contributed by atoms with Gasteiger partial charge in [-0.25, -0.2) is 0 Å². The Kier molecular flexibility index (Phi) is 10.6. The molecule has 0 fully saturated rings. The molecule has 3 unspecified atom stereocenters. The molecule has 3 atom stereocenters. The summed E-state index contributed by atoms with van der Waals surface area (Å²) in [5.74, 6) is 0.621. The molecule has 6 nitrogen and oxygen atoms in total. The number of anilines is 2. The summed E-state index contributed by atoms with van der Waals surface area (Å²) in [6.07, 6.45) is 0.625. The minimum atomic E-state index is -1.44. The molecule has 4 aromatic rings. The SMILES string of the molecule is COc1ccccc1C(O)(C(CCNc1c(C)cccc1C)NCc1ccccc1)C(CN)Nc1c(C)cccc1C. The van der Waals surface area contributed by atoms with Gasteiger partial charge in [-0.3, -0.25) is 0 Å². The number of para-hydroxylation sites is 3. The van der Waals surface area contributed by atoms with E-state index in [-0.39, 0.29) is 6.54 Å². The van der Waals surface area contributed by atoms with Crippen LogP contribution in [0.4, 0.5) is 11.4 Å². The van der Waals surface area contributed by atoms with E-state index in [1.54, 1.807) is 7.11 Å². The molecule has 0 bridgehead atoms. The second-order valence-electron chi connectivity index (χ2n) is 11.1. The Morgan fingerprint density at radius 3 is 1.90 bits per heavy atom. The fourth-order valence-electron chi connectivity index (χ4n) is 5.91. The molecule has 6 heteroatoms. The lowest BCUT2D eigenvalue weighted by Gasteiger charge is -2.44. The van der Waals surface area contributed by atoms with Gasteiger partial charge < -0.3 is 31.5 Å². The van der Waals surface area contributed by atoms with E-state index in [0.717, 1.165) is 28.1 Å². The van der Waals surface area contributed by atoms with E-state index in [2.05, 4.69) is 86.1 Å². The molecule has 0 heterocycles. The van der Waals surface area contributed by atoms with Gasteiger partial charge in [0.2, 0.25) is 0 Å². The molecule has 0 aliphatic rings. The Balaban J connectivity index is 1.77. The Bertz CT molecular complexity index is 1400. The smallest absolute Gasteiger partial charge is 0.130 e. The van der Waals surface area contributed by atoms with Gasteiger partial charge in [0, 0.05) is 42.6 Å². The van der Waals surface area contributed by atoms with Crippen LogP contribution in [0.1, 0.15) is 39.8 Å². The number of benzene rings is 4. The number of ether oxygens (including phenoxy) is 1. The van der Waals surface area contributed by atoms with Gasteiger partial charge in [-0.15, -0.1) is 0 Å². The Hall–Kier alpha value is -3.84.